The van der Waals surface area contributed by atoms with Crippen molar-refractivity contribution in [2.75, 3.05) is 0 Å². The Morgan fingerprint density at radius 3 is 2.55 bits per heavy atom. The zero-order valence-electron chi connectivity index (χ0n) is 16.4. The fourth-order valence-electron chi connectivity index (χ4n) is 3.17. The summed E-state index contributed by atoms with van der Waals surface area (Å²) >= 11 is 9.64. The molecule has 0 saturated heterocycles. The molecule has 0 atom stereocenters. The third-order valence-electron chi connectivity index (χ3n) is 4.75. The fourth-order valence-corrected chi connectivity index (χ4v) is 3.82. The van der Waals surface area contributed by atoms with Gasteiger partial charge in [-0.15, -0.1) is 0 Å². The van der Waals surface area contributed by atoms with Gasteiger partial charge in [0.15, 0.2) is 0 Å². The summed E-state index contributed by atoms with van der Waals surface area (Å²) in [4.78, 5) is 12.5. The number of carbonyl (C=O) groups excluding carboxylic acids is 1. The second kappa shape index (κ2) is 9.77. The zero-order chi connectivity index (χ0) is 21.6. The Kier molecular flexibility index (Phi) is 6.65. The molecule has 0 aliphatic rings. The summed E-state index contributed by atoms with van der Waals surface area (Å²) in [5.74, 6) is 0.347. The van der Waals surface area contributed by atoms with E-state index < -0.39 is 0 Å². The maximum Gasteiger partial charge on any atom is 0.272 e. The Morgan fingerprint density at radius 2 is 1.71 bits per heavy atom. The number of rotatable bonds is 6. The van der Waals surface area contributed by atoms with Gasteiger partial charge in [-0.1, -0.05) is 72.3 Å². The number of nitrogens with one attached hydrogen (secondary N) is 1. The lowest BCUT2D eigenvalue weighted by Gasteiger charge is -2.12. The van der Waals surface area contributed by atoms with E-state index in [4.69, 9.17) is 16.3 Å². The number of nitrogens with zero attached hydrogens (tertiary/aromatic N) is 1. The number of fused-ring (bicyclic) bond motifs is 1. The van der Waals surface area contributed by atoms with Crippen molar-refractivity contribution >= 4 is 50.4 Å². The second-order valence-electron chi connectivity index (χ2n) is 6.76. The molecule has 1 amide bonds. The molecule has 0 aliphatic heterocycles. The summed E-state index contributed by atoms with van der Waals surface area (Å²) in [6, 6.07) is 26.6. The highest BCUT2D eigenvalue weighted by molar-refractivity contribution is 9.10. The lowest BCUT2D eigenvalue weighted by atomic mass is 10.0. The maximum atomic E-state index is 12.5. The van der Waals surface area contributed by atoms with Crippen LogP contribution < -0.4 is 10.2 Å². The number of hydrogen-bond donors (Lipinski definition) is 1. The molecule has 1 N–H and O–H groups in total. The molecule has 4 aromatic rings. The van der Waals surface area contributed by atoms with E-state index in [1.54, 1.807) is 18.3 Å². The van der Waals surface area contributed by atoms with Crippen LogP contribution in [0.3, 0.4) is 0 Å². The average Bonchev–Trinajstić information content (AvgIpc) is 2.79. The van der Waals surface area contributed by atoms with Gasteiger partial charge in [-0.3, -0.25) is 4.79 Å². The van der Waals surface area contributed by atoms with Crippen LogP contribution in [0.4, 0.5) is 0 Å². The molecule has 0 heterocycles. The van der Waals surface area contributed by atoms with Crippen molar-refractivity contribution in [3.63, 3.8) is 0 Å². The van der Waals surface area contributed by atoms with Crippen molar-refractivity contribution in [2.45, 2.75) is 6.61 Å². The van der Waals surface area contributed by atoms with Gasteiger partial charge in [0, 0.05) is 20.6 Å². The van der Waals surface area contributed by atoms with Crippen LogP contribution in [0.2, 0.25) is 5.02 Å². The van der Waals surface area contributed by atoms with Gasteiger partial charge in [-0.2, -0.15) is 5.10 Å². The minimum Gasteiger partial charge on any atom is -0.488 e. The summed E-state index contributed by atoms with van der Waals surface area (Å²) in [7, 11) is 0. The maximum absolute atomic E-state index is 12.5. The van der Waals surface area contributed by atoms with Gasteiger partial charge in [0.1, 0.15) is 12.4 Å². The van der Waals surface area contributed by atoms with E-state index >= 15 is 0 Å². The van der Waals surface area contributed by atoms with Gasteiger partial charge < -0.3 is 4.74 Å². The first-order chi connectivity index (χ1) is 15.1. The first-order valence-corrected chi connectivity index (χ1v) is 10.8. The second-order valence-corrected chi connectivity index (χ2v) is 8.02. The molecule has 0 aromatic heterocycles. The van der Waals surface area contributed by atoms with Crippen molar-refractivity contribution in [2.24, 2.45) is 5.10 Å². The number of carbonyl (C=O) groups is 1. The topological polar surface area (TPSA) is 50.7 Å². The molecule has 0 radical (unpaired) electrons. The molecule has 154 valence electrons. The summed E-state index contributed by atoms with van der Waals surface area (Å²) in [6.07, 6.45) is 1.61. The molecule has 0 spiro atoms. The van der Waals surface area contributed by atoms with Gasteiger partial charge in [0.2, 0.25) is 0 Å². The normalized spacial score (nSPS) is 11.0. The SMILES string of the molecule is O=C(N/N=C/c1c(OCc2ccccc2Cl)ccc2ccccc12)c1ccccc1Br. The highest BCUT2D eigenvalue weighted by Gasteiger charge is 2.10. The van der Waals surface area contributed by atoms with E-state index in [1.165, 1.54) is 0 Å². The largest absolute Gasteiger partial charge is 0.488 e. The molecule has 0 unspecified atom stereocenters. The van der Waals surface area contributed by atoms with Gasteiger partial charge in [-0.25, -0.2) is 5.43 Å². The van der Waals surface area contributed by atoms with Crippen molar-refractivity contribution < 1.29 is 9.53 Å². The number of amides is 1. The summed E-state index contributed by atoms with van der Waals surface area (Å²) in [5.41, 5.74) is 4.76. The fraction of sp³-hybridized carbons (Fsp3) is 0.0400. The van der Waals surface area contributed by atoms with Crippen LogP contribution in [0.15, 0.2) is 94.5 Å². The van der Waals surface area contributed by atoms with Gasteiger partial charge in [0.25, 0.3) is 5.91 Å². The summed E-state index contributed by atoms with van der Waals surface area (Å²) in [5, 5.41) is 6.86. The molecule has 4 aromatic carbocycles. The van der Waals surface area contributed by atoms with Crippen molar-refractivity contribution in [1.82, 2.24) is 5.43 Å². The van der Waals surface area contributed by atoms with Gasteiger partial charge >= 0.3 is 0 Å². The molecule has 0 fully saturated rings. The predicted molar refractivity (Wildman–Crippen MR) is 129 cm³/mol. The number of hydrogen-bond acceptors (Lipinski definition) is 3. The highest BCUT2D eigenvalue weighted by atomic mass is 79.9. The van der Waals surface area contributed by atoms with E-state index in [-0.39, 0.29) is 5.91 Å². The number of halogens is 2. The lowest BCUT2D eigenvalue weighted by Crippen LogP contribution is -2.18. The molecule has 4 nitrogen and oxygen atoms in total. The summed E-state index contributed by atoms with van der Waals surface area (Å²) < 4.78 is 6.78. The van der Waals surface area contributed by atoms with Crippen LogP contribution in [0.5, 0.6) is 5.75 Å². The molecule has 4 rings (SSSR count). The van der Waals surface area contributed by atoms with E-state index in [9.17, 15) is 4.79 Å². The van der Waals surface area contributed by atoms with E-state index in [0.29, 0.717) is 27.4 Å². The van der Waals surface area contributed by atoms with E-state index in [0.717, 1.165) is 21.9 Å². The summed E-state index contributed by atoms with van der Waals surface area (Å²) in [6.45, 7) is 0.322. The first-order valence-electron chi connectivity index (χ1n) is 9.59. The molecule has 6 heteroatoms. The number of ether oxygens (including phenoxy) is 1. The standard InChI is InChI=1S/C25H18BrClN2O2/c26-22-11-5-4-10-20(22)25(30)29-28-15-21-19-9-3-1-7-17(19)13-14-24(21)31-16-18-8-2-6-12-23(18)27/h1-15H,16H2,(H,29,30)/b28-15+. The lowest BCUT2D eigenvalue weighted by molar-refractivity contribution is 0.0954. The number of benzene rings is 4. The molecular formula is C25H18BrClN2O2. The van der Waals surface area contributed by atoms with Crippen LogP contribution in [-0.4, -0.2) is 12.1 Å². The van der Waals surface area contributed by atoms with Crippen LogP contribution in [-0.2, 0) is 6.61 Å². The third kappa shape index (κ3) is 4.95. The van der Waals surface area contributed by atoms with Crippen LogP contribution in [0.1, 0.15) is 21.5 Å². The number of hydrazone groups is 1. The predicted octanol–water partition coefficient (Wildman–Crippen LogP) is 6.60. The monoisotopic (exact) mass is 492 g/mol. The molecular weight excluding hydrogens is 476 g/mol. The van der Waals surface area contributed by atoms with E-state index in [2.05, 4.69) is 26.5 Å². The molecule has 0 bridgehead atoms. The van der Waals surface area contributed by atoms with Crippen molar-refractivity contribution in [3.8, 4) is 5.75 Å². The minimum absolute atomic E-state index is 0.303. The van der Waals surface area contributed by atoms with Crippen LogP contribution >= 0.6 is 27.5 Å². The Bertz CT molecular complexity index is 1270. The molecule has 0 aliphatic carbocycles. The highest BCUT2D eigenvalue weighted by Crippen LogP contribution is 2.28. The molecule has 31 heavy (non-hydrogen) atoms. The third-order valence-corrected chi connectivity index (χ3v) is 5.81. The quantitative estimate of drug-likeness (QED) is 0.243. The smallest absolute Gasteiger partial charge is 0.272 e. The average molecular weight is 494 g/mol. The van der Waals surface area contributed by atoms with Crippen LogP contribution in [0.25, 0.3) is 10.8 Å². The van der Waals surface area contributed by atoms with Crippen LogP contribution in [0, 0.1) is 0 Å². The Balaban J connectivity index is 1.61. The Hall–Kier alpha value is -3.15. The van der Waals surface area contributed by atoms with Crippen molar-refractivity contribution in [3.05, 3.63) is 111 Å². The van der Waals surface area contributed by atoms with Crippen molar-refractivity contribution in [1.29, 1.82) is 0 Å². The Morgan fingerprint density at radius 1 is 0.968 bits per heavy atom. The van der Waals surface area contributed by atoms with Gasteiger partial charge in [0.05, 0.1) is 11.8 Å². The molecule has 0 saturated carbocycles. The van der Waals surface area contributed by atoms with Gasteiger partial charge in [-0.05, 0) is 51.0 Å². The van der Waals surface area contributed by atoms with E-state index in [1.807, 2.05) is 72.8 Å². The Labute approximate surface area is 193 Å². The minimum atomic E-state index is -0.303. The first kappa shape index (κ1) is 21.1. The zero-order valence-corrected chi connectivity index (χ0v) is 18.7.